The zero-order valence-electron chi connectivity index (χ0n) is 19.1. The van der Waals surface area contributed by atoms with Crippen molar-refractivity contribution in [3.63, 3.8) is 0 Å². The summed E-state index contributed by atoms with van der Waals surface area (Å²) in [6.07, 6.45) is 2.90. The average Bonchev–Trinajstić information content (AvgIpc) is 2.80. The number of nitrogens with zero attached hydrogens (tertiary/aromatic N) is 1. The van der Waals surface area contributed by atoms with Gasteiger partial charge in [-0.1, -0.05) is 60.4 Å². The maximum Gasteiger partial charge on any atom is 0.324 e. The fourth-order valence-electron chi connectivity index (χ4n) is 3.23. The van der Waals surface area contributed by atoms with E-state index in [-0.39, 0.29) is 32.6 Å². The van der Waals surface area contributed by atoms with Crippen molar-refractivity contribution in [2.75, 3.05) is 13.2 Å². The van der Waals surface area contributed by atoms with Gasteiger partial charge in [-0.3, -0.25) is 9.59 Å². The fraction of sp³-hybridized carbons (Fsp3) is 0.296. The van der Waals surface area contributed by atoms with Crippen LogP contribution in [0.25, 0.3) is 0 Å². The topological polar surface area (TPSA) is 78.7 Å². The van der Waals surface area contributed by atoms with Crippen LogP contribution in [0, 0.1) is 22.5 Å². The highest BCUT2D eigenvalue weighted by molar-refractivity contribution is 6.00. The Hall–Kier alpha value is -3.85. The molecule has 172 valence electrons. The Morgan fingerprint density at radius 2 is 1.64 bits per heavy atom. The third-order valence-corrected chi connectivity index (χ3v) is 4.86. The second-order valence-corrected chi connectivity index (χ2v) is 7.27. The Labute approximate surface area is 195 Å². The van der Waals surface area contributed by atoms with E-state index in [4.69, 9.17) is 9.47 Å². The van der Waals surface area contributed by atoms with Gasteiger partial charge in [0.1, 0.15) is 0 Å². The Bertz CT molecular complexity index is 1030. The third kappa shape index (κ3) is 7.08. The minimum Gasteiger partial charge on any atom is -0.624 e. The number of allylic oxidation sites excluding steroid dienone is 1. The van der Waals surface area contributed by atoms with Crippen LogP contribution in [-0.2, 0) is 25.6 Å². The van der Waals surface area contributed by atoms with Crippen LogP contribution in [0.4, 0.5) is 0 Å². The SMILES string of the molecule is C=CCC(CC#Cc1ccccc1/C=[N+](\[O-])Cc1ccccc1)(C(=O)OCC)C(=O)OCC. The molecule has 2 aromatic rings. The van der Waals surface area contributed by atoms with Gasteiger partial charge in [-0.25, -0.2) is 4.74 Å². The highest BCUT2D eigenvalue weighted by Gasteiger charge is 2.47. The first kappa shape index (κ1) is 25.4. The van der Waals surface area contributed by atoms with Crippen LogP contribution in [0.5, 0.6) is 0 Å². The van der Waals surface area contributed by atoms with E-state index in [2.05, 4.69) is 18.4 Å². The summed E-state index contributed by atoms with van der Waals surface area (Å²) in [5.41, 5.74) is 0.548. The number of ether oxygens (including phenoxy) is 2. The Balaban J connectivity index is 2.33. The lowest BCUT2D eigenvalue weighted by atomic mass is 9.81. The molecule has 33 heavy (non-hydrogen) atoms. The number of benzene rings is 2. The number of hydrogen-bond donors (Lipinski definition) is 0. The first-order valence-corrected chi connectivity index (χ1v) is 10.8. The third-order valence-electron chi connectivity index (χ3n) is 4.86. The summed E-state index contributed by atoms with van der Waals surface area (Å²) in [5.74, 6) is 4.55. The minimum atomic E-state index is -1.59. The molecule has 0 heterocycles. The van der Waals surface area contributed by atoms with Gasteiger partial charge in [0.05, 0.1) is 18.8 Å². The van der Waals surface area contributed by atoms with Gasteiger partial charge in [-0.2, -0.15) is 0 Å². The summed E-state index contributed by atoms with van der Waals surface area (Å²) in [6.45, 7) is 7.47. The summed E-state index contributed by atoms with van der Waals surface area (Å²) < 4.78 is 11.1. The molecule has 0 atom stereocenters. The summed E-state index contributed by atoms with van der Waals surface area (Å²) >= 11 is 0. The molecule has 0 saturated heterocycles. The molecule has 0 aliphatic rings. The number of hydroxylamine groups is 1. The number of carbonyl (C=O) groups excluding carboxylic acids is 2. The van der Waals surface area contributed by atoms with Crippen molar-refractivity contribution in [1.29, 1.82) is 0 Å². The van der Waals surface area contributed by atoms with Gasteiger partial charge in [0, 0.05) is 17.5 Å². The molecule has 6 nitrogen and oxygen atoms in total. The summed E-state index contributed by atoms with van der Waals surface area (Å²) in [5, 5.41) is 12.5. The van der Waals surface area contributed by atoms with Crippen molar-refractivity contribution in [3.8, 4) is 11.8 Å². The molecule has 0 spiro atoms. The van der Waals surface area contributed by atoms with E-state index in [1.165, 1.54) is 12.3 Å². The quantitative estimate of drug-likeness (QED) is 0.0795. The highest BCUT2D eigenvalue weighted by Crippen LogP contribution is 2.31. The number of hydrogen-bond acceptors (Lipinski definition) is 5. The average molecular weight is 448 g/mol. The van der Waals surface area contributed by atoms with Gasteiger partial charge in [0.15, 0.2) is 18.2 Å². The van der Waals surface area contributed by atoms with Crippen molar-refractivity contribution < 1.29 is 23.8 Å². The predicted octanol–water partition coefficient (Wildman–Crippen LogP) is 4.25. The van der Waals surface area contributed by atoms with Crippen LogP contribution in [0.15, 0.2) is 67.3 Å². The lowest BCUT2D eigenvalue weighted by molar-refractivity contribution is -0.469. The van der Waals surface area contributed by atoms with E-state index in [0.717, 1.165) is 10.3 Å². The Kier molecular flexibility index (Phi) is 9.91. The standard InChI is InChI=1S/C27H29NO5/c1-4-18-27(25(29)32-5-2,26(30)33-6-3)19-12-17-23-15-10-11-16-24(23)21-28(31)20-22-13-8-7-9-14-22/h4,7-11,13-16,21H,1,5-6,18-20H2,2-3H3/b28-21-. The molecule has 0 saturated carbocycles. The molecule has 0 fully saturated rings. The van der Waals surface area contributed by atoms with Crippen LogP contribution >= 0.6 is 0 Å². The van der Waals surface area contributed by atoms with E-state index in [0.29, 0.717) is 11.1 Å². The lowest BCUT2D eigenvalue weighted by Crippen LogP contribution is -2.41. The van der Waals surface area contributed by atoms with Gasteiger partial charge in [0.2, 0.25) is 0 Å². The summed E-state index contributed by atoms with van der Waals surface area (Å²) in [4.78, 5) is 25.4. The van der Waals surface area contributed by atoms with Crippen molar-refractivity contribution in [2.24, 2.45) is 5.41 Å². The molecular weight excluding hydrogens is 418 g/mol. The molecule has 0 amide bonds. The molecule has 0 aliphatic heterocycles. The van der Waals surface area contributed by atoms with Crippen LogP contribution in [-0.4, -0.2) is 36.1 Å². The molecule has 0 radical (unpaired) electrons. The maximum absolute atomic E-state index is 12.7. The van der Waals surface area contributed by atoms with Gasteiger partial charge in [0.25, 0.3) is 0 Å². The van der Waals surface area contributed by atoms with E-state index in [1.54, 1.807) is 32.0 Å². The van der Waals surface area contributed by atoms with Crippen LogP contribution in [0.3, 0.4) is 0 Å². The van der Waals surface area contributed by atoms with E-state index in [1.807, 2.05) is 36.4 Å². The Morgan fingerprint density at radius 1 is 1.03 bits per heavy atom. The maximum atomic E-state index is 12.7. The van der Waals surface area contributed by atoms with E-state index in [9.17, 15) is 14.8 Å². The summed E-state index contributed by atoms with van der Waals surface area (Å²) in [6, 6.07) is 16.6. The molecule has 2 rings (SSSR count). The molecule has 0 unspecified atom stereocenters. The molecule has 0 N–H and O–H groups in total. The van der Waals surface area contributed by atoms with Crippen molar-refractivity contribution in [2.45, 2.75) is 33.2 Å². The first-order chi connectivity index (χ1) is 16.0. The lowest BCUT2D eigenvalue weighted by Gasteiger charge is -2.26. The highest BCUT2D eigenvalue weighted by atomic mass is 16.6. The van der Waals surface area contributed by atoms with Crippen LogP contribution < -0.4 is 0 Å². The minimum absolute atomic E-state index is 0.0402. The monoisotopic (exact) mass is 447 g/mol. The zero-order chi connectivity index (χ0) is 24.1. The molecule has 6 heteroatoms. The number of carbonyl (C=O) groups is 2. The van der Waals surface area contributed by atoms with Gasteiger partial charge in [-0.15, -0.1) is 6.58 Å². The fourth-order valence-corrected chi connectivity index (χ4v) is 3.23. The molecule has 0 aromatic heterocycles. The predicted molar refractivity (Wildman–Crippen MR) is 127 cm³/mol. The number of rotatable bonds is 10. The van der Waals surface area contributed by atoms with Crippen molar-refractivity contribution in [3.05, 3.63) is 89.1 Å². The molecular formula is C27H29NO5. The zero-order valence-corrected chi connectivity index (χ0v) is 19.1. The second-order valence-electron chi connectivity index (χ2n) is 7.27. The van der Waals surface area contributed by atoms with Crippen molar-refractivity contribution in [1.82, 2.24) is 0 Å². The summed E-state index contributed by atoms with van der Waals surface area (Å²) in [7, 11) is 0. The number of esters is 2. The molecule has 2 aromatic carbocycles. The van der Waals surface area contributed by atoms with Gasteiger partial charge in [-0.05, 0) is 32.4 Å². The smallest absolute Gasteiger partial charge is 0.324 e. The van der Waals surface area contributed by atoms with Crippen LogP contribution in [0.1, 0.15) is 43.4 Å². The Morgan fingerprint density at radius 3 is 2.24 bits per heavy atom. The first-order valence-electron chi connectivity index (χ1n) is 10.8. The van der Waals surface area contributed by atoms with E-state index < -0.39 is 17.4 Å². The van der Waals surface area contributed by atoms with E-state index >= 15 is 0 Å². The normalized spacial score (nSPS) is 11.2. The second kappa shape index (κ2) is 12.9. The molecule has 0 aliphatic carbocycles. The largest absolute Gasteiger partial charge is 0.624 e. The van der Waals surface area contributed by atoms with Gasteiger partial charge < -0.3 is 14.7 Å². The van der Waals surface area contributed by atoms with Crippen molar-refractivity contribution >= 4 is 18.2 Å². The molecule has 0 bridgehead atoms. The van der Waals surface area contributed by atoms with Crippen LogP contribution in [0.2, 0.25) is 0 Å². The van der Waals surface area contributed by atoms with Gasteiger partial charge >= 0.3 is 11.9 Å².